The van der Waals surface area contributed by atoms with Gasteiger partial charge in [0.2, 0.25) is 5.75 Å². The van der Waals surface area contributed by atoms with Crippen LogP contribution in [0.4, 0.5) is 5.69 Å². The Morgan fingerprint density at radius 1 is 1.07 bits per heavy atom. The number of hydrogen-bond acceptors (Lipinski definition) is 4. The van der Waals surface area contributed by atoms with Crippen molar-refractivity contribution in [2.45, 2.75) is 66.2 Å². The Bertz CT molecular complexity index is 937. The number of anilines is 1. The van der Waals surface area contributed by atoms with E-state index in [0.29, 0.717) is 30.2 Å². The Balaban J connectivity index is 2.19. The number of nitrogens with two attached hydrogens (primary N) is 1. The predicted octanol–water partition coefficient (Wildman–Crippen LogP) is 6.14. The number of ether oxygens (including phenoxy) is 2. The van der Waals surface area contributed by atoms with Crippen LogP contribution >= 0.6 is 0 Å². The zero-order chi connectivity index (χ0) is 21.9. The number of unbranched alkanes of at least 4 members (excludes halogenated alkanes) is 3. The van der Waals surface area contributed by atoms with E-state index in [4.69, 9.17) is 15.2 Å². The summed E-state index contributed by atoms with van der Waals surface area (Å²) in [5, 5.41) is 0.804. The first-order chi connectivity index (χ1) is 14.4. The summed E-state index contributed by atoms with van der Waals surface area (Å²) < 4.78 is 11.9. The summed E-state index contributed by atoms with van der Waals surface area (Å²) in [6.07, 6.45) is 10.6. The van der Waals surface area contributed by atoms with Crippen LogP contribution in [0.3, 0.4) is 0 Å². The molecule has 0 spiro atoms. The summed E-state index contributed by atoms with van der Waals surface area (Å²) >= 11 is 0. The zero-order valence-corrected chi connectivity index (χ0v) is 18.8. The maximum Gasteiger partial charge on any atom is 0.294 e. The van der Waals surface area contributed by atoms with Gasteiger partial charge >= 0.3 is 0 Å². The van der Waals surface area contributed by atoms with Crippen LogP contribution in [0.5, 0.6) is 11.5 Å². The maximum absolute atomic E-state index is 12.7. The lowest BCUT2D eigenvalue weighted by Crippen LogP contribution is -2.14. The Morgan fingerprint density at radius 2 is 1.87 bits per heavy atom. The third-order valence-corrected chi connectivity index (χ3v) is 4.94. The monoisotopic (exact) mass is 412 g/mol. The van der Waals surface area contributed by atoms with E-state index in [9.17, 15) is 4.79 Å². The summed E-state index contributed by atoms with van der Waals surface area (Å²) in [7, 11) is 0. The first kappa shape index (κ1) is 23.6. The van der Waals surface area contributed by atoms with Crippen LogP contribution < -0.4 is 20.8 Å². The number of aromatic amines is 1. The second-order valence-electron chi connectivity index (χ2n) is 8.01. The third-order valence-electron chi connectivity index (χ3n) is 4.94. The topological polar surface area (TPSA) is 77.3 Å². The highest BCUT2D eigenvalue weighted by atomic mass is 16.5. The van der Waals surface area contributed by atoms with Crippen molar-refractivity contribution in [3.8, 4) is 11.5 Å². The van der Waals surface area contributed by atoms with Crippen LogP contribution in [0, 0.1) is 0 Å². The molecule has 0 bridgehead atoms. The number of pyridine rings is 1. The van der Waals surface area contributed by atoms with Crippen LogP contribution in [-0.4, -0.2) is 18.2 Å². The molecule has 1 heterocycles. The Labute approximate surface area is 180 Å². The van der Waals surface area contributed by atoms with E-state index in [2.05, 4.69) is 38.8 Å². The molecular weight excluding hydrogens is 376 g/mol. The highest BCUT2D eigenvalue weighted by Gasteiger charge is 2.16. The van der Waals surface area contributed by atoms with E-state index in [-0.39, 0.29) is 11.3 Å². The lowest BCUT2D eigenvalue weighted by molar-refractivity contribution is 0.277. The number of benzene rings is 1. The molecule has 1 aromatic carbocycles. The van der Waals surface area contributed by atoms with E-state index in [1.54, 1.807) is 6.07 Å². The van der Waals surface area contributed by atoms with E-state index in [0.717, 1.165) is 31.1 Å². The maximum atomic E-state index is 12.7. The summed E-state index contributed by atoms with van der Waals surface area (Å²) in [5.74, 6) is 0.733. The fourth-order valence-corrected chi connectivity index (χ4v) is 3.20. The van der Waals surface area contributed by atoms with Crippen LogP contribution in [-0.2, 0) is 0 Å². The van der Waals surface area contributed by atoms with E-state index in [1.165, 1.54) is 24.0 Å². The fraction of sp³-hybridized carbons (Fsp3) is 0.480. The molecule has 0 fully saturated rings. The lowest BCUT2D eigenvalue weighted by Gasteiger charge is -2.14. The number of aromatic nitrogens is 1. The molecule has 0 amide bonds. The molecule has 0 saturated carbocycles. The number of nitrogen functional groups attached to an aromatic ring is 1. The number of hydrogen-bond donors (Lipinski definition) is 2. The van der Waals surface area contributed by atoms with Gasteiger partial charge in [0, 0.05) is 11.1 Å². The quantitative estimate of drug-likeness (QED) is 0.249. The van der Waals surface area contributed by atoms with Crippen molar-refractivity contribution in [1.82, 2.24) is 4.98 Å². The first-order valence-corrected chi connectivity index (χ1v) is 10.9. The number of nitrogens with one attached hydrogen (secondary N) is 1. The average molecular weight is 413 g/mol. The third kappa shape index (κ3) is 7.29. The summed E-state index contributed by atoms with van der Waals surface area (Å²) in [6, 6.07) is 5.43. The average Bonchev–Trinajstić information content (AvgIpc) is 2.68. The van der Waals surface area contributed by atoms with Crippen molar-refractivity contribution in [1.29, 1.82) is 0 Å². The van der Waals surface area contributed by atoms with Crippen molar-refractivity contribution < 1.29 is 9.47 Å². The van der Waals surface area contributed by atoms with Gasteiger partial charge in [-0.3, -0.25) is 4.79 Å². The second-order valence-corrected chi connectivity index (χ2v) is 8.01. The van der Waals surface area contributed by atoms with Gasteiger partial charge in [-0.05, 0) is 64.3 Å². The first-order valence-electron chi connectivity index (χ1n) is 10.9. The Hall–Kier alpha value is -2.69. The summed E-state index contributed by atoms with van der Waals surface area (Å²) in [4.78, 5) is 15.6. The molecule has 0 saturated heterocycles. The molecule has 0 aliphatic rings. The molecular formula is C25H36N2O3. The van der Waals surface area contributed by atoms with Gasteiger partial charge in [-0.25, -0.2) is 0 Å². The van der Waals surface area contributed by atoms with Crippen molar-refractivity contribution >= 4 is 16.6 Å². The molecule has 30 heavy (non-hydrogen) atoms. The predicted molar refractivity (Wildman–Crippen MR) is 127 cm³/mol. The van der Waals surface area contributed by atoms with Crippen LogP contribution in [0.15, 0.2) is 46.3 Å². The minimum atomic E-state index is -0.299. The minimum absolute atomic E-state index is 0.233. The molecule has 0 aliphatic heterocycles. The van der Waals surface area contributed by atoms with Gasteiger partial charge in [-0.2, -0.15) is 0 Å². The zero-order valence-electron chi connectivity index (χ0n) is 18.8. The normalized spacial score (nSPS) is 11.5. The smallest absolute Gasteiger partial charge is 0.294 e. The summed E-state index contributed by atoms with van der Waals surface area (Å²) in [5.41, 5.74) is 9.39. The van der Waals surface area contributed by atoms with E-state index >= 15 is 0 Å². The van der Waals surface area contributed by atoms with E-state index in [1.807, 2.05) is 18.2 Å². The van der Waals surface area contributed by atoms with Gasteiger partial charge in [0.25, 0.3) is 5.56 Å². The molecule has 0 atom stereocenters. The summed E-state index contributed by atoms with van der Waals surface area (Å²) in [6.45, 7) is 9.35. The molecule has 0 radical (unpaired) electrons. The van der Waals surface area contributed by atoms with Crippen LogP contribution in [0.1, 0.15) is 66.2 Å². The Kier molecular flexibility index (Phi) is 9.52. The minimum Gasteiger partial charge on any atom is -0.489 e. The molecule has 5 nitrogen and oxygen atoms in total. The number of fused-ring (bicyclic) bond motifs is 1. The molecule has 5 heteroatoms. The van der Waals surface area contributed by atoms with Crippen LogP contribution in [0.2, 0.25) is 0 Å². The molecule has 2 rings (SSSR count). The molecule has 2 aromatic rings. The van der Waals surface area contributed by atoms with Crippen molar-refractivity contribution in [2.75, 3.05) is 18.9 Å². The second kappa shape index (κ2) is 12.1. The highest BCUT2D eigenvalue weighted by molar-refractivity contribution is 5.89. The van der Waals surface area contributed by atoms with Gasteiger partial charge in [-0.1, -0.05) is 43.4 Å². The van der Waals surface area contributed by atoms with E-state index < -0.39 is 0 Å². The van der Waals surface area contributed by atoms with Gasteiger partial charge in [0.05, 0.1) is 12.1 Å². The lowest BCUT2D eigenvalue weighted by atomic mass is 10.1. The number of H-pyrrole nitrogens is 1. The standard InChI is InChI=1S/C25H36N2O3/c1-5-6-7-8-15-29-23-21-13-12-20(26)17-22(21)27-25(28)24(23)30-16-14-19(4)11-9-10-18(2)3/h10,12-14,17H,5-9,11,15-16,26H2,1-4H3,(H,27,28). The fourth-order valence-electron chi connectivity index (χ4n) is 3.20. The van der Waals surface area contributed by atoms with Crippen molar-refractivity contribution in [3.63, 3.8) is 0 Å². The van der Waals surface area contributed by atoms with Gasteiger partial charge in [0.1, 0.15) is 6.61 Å². The molecule has 0 aliphatic carbocycles. The Morgan fingerprint density at radius 3 is 2.60 bits per heavy atom. The molecule has 1 aromatic heterocycles. The SMILES string of the molecule is CCCCCCOc1c(OCC=C(C)CCC=C(C)C)c(=O)[nH]c2cc(N)ccc12. The van der Waals surface area contributed by atoms with Crippen molar-refractivity contribution in [3.05, 3.63) is 51.9 Å². The molecule has 3 N–H and O–H groups in total. The van der Waals surface area contributed by atoms with Gasteiger partial charge in [0.15, 0.2) is 5.75 Å². The van der Waals surface area contributed by atoms with Crippen LogP contribution in [0.25, 0.3) is 10.9 Å². The largest absolute Gasteiger partial charge is 0.489 e. The van der Waals surface area contributed by atoms with Gasteiger partial charge in [-0.15, -0.1) is 0 Å². The van der Waals surface area contributed by atoms with Gasteiger partial charge < -0.3 is 20.2 Å². The number of rotatable bonds is 12. The molecule has 164 valence electrons. The van der Waals surface area contributed by atoms with Crippen molar-refractivity contribution in [2.24, 2.45) is 0 Å². The number of allylic oxidation sites excluding steroid dienone is 3. The highest BCUT2D eigenvalue weighted by Crippen LogP contribution is 2.32. The molecule has 0 unspecified atom stereocenters.